The van der Waals surface area contributed by atoms with Crippen LogP contribution in [0, 0.1) is 0 Å². The van der Waals surface area contributed by atoms with Crippen molar-refractivity contribution in [2.24, 2.45) is 0 Å². The first kappa shape index (κ1) is 14.9. The highest BCUT2D eigenvalue weighted by atomic mass is 32.2. The van der Waals surface area contributed by atoms with Crippen molar-refractivity contribution in [1.82, 2.24) is 0 Å². The Balaban J connectivity index is 1.86. The highest BCUT2D eigenvalue weighted by molar-refractivity contribution is 7.99. The third kappa shape index (κ3) is 3.96. The summed E-state index contributed by atoms with van der Waals surface area (Å²) >= 11 is 1.83. The Morgan fingerprint density at radius 3 is 2.84 bits per heavy atom. The zero-order valence-corrected chi connectivity index (χ0v) is 12.4. The quantitative estimate of drug-likeness (QED) is 0.871. The van der Waals surface area contributed by atoms with Crippen LogP contribution in [0.1, 0.15) is 25.8 Å². The van der Waals surface area contributed by atoms with Crippen LogP contribution in [0.15, 0.2) is 30.3 Å². The molecule has 2 rings (SSSR count). The molecule has 1 heterocycles. The molecule has 1 aromatic carbocycles. The van der Waals surface area contributed by atoms with E-state index in [0.717, 1.165) is 17.7 Å². The van der Waals surface area contributed by atoms with E-state index in [1.165, 1.54) is 0 Å². The lowest BCUT2D eigenvalue weighted by Gasteiger charge is -2.24. The van der Waals surface area contributed by atoms with Crippen LogP contribution >= 0.6 is 11.8 Å². The van der Waals surface area contributed by atoms with Crippen LogP contribution in [0.4, 0.5) is 0 Å². The van der Waals surface area contributed by atoms with Gasteiger partial charge in [-0.15, -0.1) is 0 Å². The van der Waals surface area contributed by atoms with Crippen molar-refractivity contribution in [1.29, 1.82) is 0 Å². The molecule has 3 nitrogen and oxygen atoms in total. The molecule has 1 saturated heterocycles. The monoisotopic (exact) mass is 282 g/mol. The number of aliphatic hydroxyl groups is 1. The van der Waals surface area contributed by atoms with Gasteiger partial charge in [0.2, 0.25) is 0 Å². The van der Waals surface area contributed by atoms with Gasteiger partial charge in [-0.25, -0.2) is 0 Å². The first-order chi connectivity index (χ1) is 9.14. The van der Waals surface area contributed by atoms with Crippen molar-refractivity contribution in [3.8, 4) is 0 Å². The minimum atomic E-state index is -0.618. The lowest BCUT2D eigenvalue weighted by atomic mass is 10.1. The molecule has 0 bridgehead atoms. The highest BCUT2D eigenvalue weighted by Crippen LogP contribution is 2.35. The van der Waals surface area contributed by atoms with Crippen molar-refractivity contribution in [3.63, 3.8) is 0 Å². The molecule has 1 fully saturated rings. The largest absolute Gasteiger partial charge is 0.396 e. The smallest absolute Gasteiger partial charge is 0.192 e. The summed E-state index contributed by atoms with van der Waals surface area (Å²) in [5, 5.41) is 9.35. The van der Waals surface area contributed by atoms with E-state index in [-0.39, 0.29) is 12.7 Å². The van der Waals surface area contributed by atoms with Crippen molar-refractivity contribution in [3.05, 3.63) is 35.9 Å². The maximum Gasteiger partial charge on any atom is 0.192 e. The van der Waals surface area contributed by atoms with Crippen molar-refractivity contribution < 1.29 is 14.6 Å². The third-order valence-corrected chi connectivity index (χ3v) is 4.71. The fourth-order valence-corrected chi connectivity index (χ4v) is 3.13. The Morgan fingerprint density at radius 2 is 2.16 bits per heavy atom. The Kier molecular flexibility index (Phi) is 5.28. The third-order valence-electron chi connectivity index (χ3n) is 3.34. The number of rotatable bonds is 6. The average Bonchev–Trinajstić information content (AvgIpc) is 2.81. The molecule has 1 aromatic rings. The van der Waals surface area contributed by atoms with Crippen molar-refractivity contribution in [2.75, 3.05) is 19.0 Å². The summed E-state index contributed by atoms with van der Waals surface area (Å²) in [5.41, 5.74) is 1.06. The molecule has 106 valence electrons. The minimum Gasteiger partial charge on any atom is -0.396 e. The van der Waals surface area contributed by atoms with E-state index in [1.54, 1.807) is 0 Å². The Morgan fingerprint density at radius 1 is 1.42 bits per heavy atom. The summed E-state index contributed by atoms with van der Waals surface area (Å²) in [7, 11) is 0. The van der Waals surface area contributed by atoms with Crippen LogP contribution in [0.25, 0.3) is 0 Å². The van der Waals surface area contributed by atoms with Crippen LogP contribution in [-0.4, -0.2) is 35.4 Å². The molecule has 4 heteroatoms. The van der Waals surface area contributed by atoms with Gasteiger partial charge in [0.15, 0.2) is 5.79 Å². The van der Waals surface area contributed by atoms with Gasteiger partial charge in [-0.1, -0.05) is 37.3 Å². The lowest BCUT2D eigenvalue weighted by molar-refractivity contribution is -0.159. The SMILES string of the molecule is CC(CCO)SCC1COC(C)(c2ccccc2)O1. The normalized spacial score (nSPS) is 28.5. The fraction of sp³-hybridized carbons (Fsp3) is 0.600. The number of thioether (sulfide) groups is 1. The van der Waals surface area contributed by atoms with E-state index >= 15 is 0 Å². The Labute approximate surface area is 119 Å². The molecule has 0 saturated carbocycles. The Hall–Kier alpha value is -0.550. The maximum absolute atomic E-state index is 8.89. The highest BCUT2D eigenvalue weighted by Gasteiger charge is 2.38. The number of ether oxygens (including phenoxy) is 2. The minimum absolute atomic E-state index is 0.122. The molecule has 0 radical (unpaired) electrons. The molecule has 1 aliphatic rings. The molecule has 3 atom stereocenters. The molecule has 1 aliphatic heterocycles. The second kappa shape index (κ2) is 6.75. The van der Waals surface area contributed by atoms with E-state index in [0.29, 0.717) is 11.9 Å². The van der Waals surface area contributed by atoms with Crippen LogP contribution in [-0.2, 0) is 15.3 Å². The van der Waals surface area contributed by atoms with Gasteiger partial charge >= 0.3 is 0 Å². The maximum atomic E-state index is 8.89. The predicted molar refractivity (Wildman–Crippen MR) is 78.2 cm³/mol. The molecule has 19 heavy (non-hydrogen) atoms. The standard InChI is InChI=1S/C15H22O3S/c1-12(8-9-16)19-11-14-10-17-15(2,18-14)13-6-4-3-5-7-13/h3-7,12,14,16H,8-11H2,1-2H3. The van der Waals surface area contributed by atoms with E-state index in [1.807, 2.05) is 49.0 Å². The van der Waals surface area contributed by atoms with Gasteiger partial charge < -0.3 is 14.6 Å². The van der Waals surface area contributed by atoms with E-state index in [9.17, 15) is 0 Å². The molecule has 3 unspecified atom stereocenters. The molecular weight excluding hydrogens is 260 g/mol. The Bertz CT molecular complexity index is 384. The van der Waals surface area contributed by atoms with E-state index in [2.05, 4.69) is 6.92 Å². The zero-order chi connectivity index (χ0) is 13.7. The van der Waals surface area contributed by atoms with Gasteiger partial charge in [0, 0.05) is 23.2 Å². The van der Waals surface area contributed by atoms with Crippen molar-refractivity contribution in [2.45, 2.75) is 37.4 Å². The first-order valence-electron chi connectivity index (χ1n) is 6.74. The molecule has 0 amide bonds. The van der Waals surface area contributed by atoms with Gasteiger partial charge in [-0.2, -0.15) is 11.8 Å². The first-order valence-corrected chi connectivity index (χ1v) is 7.78. The number of benzene rings is 1. The second-order valence-corrected chi connectivity index (χ2v) is 6.49. The zero-order valence-electron chi connectivity index (χ0n) is 11.5. The van der Waals surface area contributed by atoms with E-state index < -0.39 is 5.79 Å². The predicted octanol–water partition coefficient (Wildman–Crippen LogP) is 2.78. The number of hydrogen-bond donors (Lipinski definition) is 1. The summed E-state index contributed by atoms with van der Waals surface area (Å²) in [6.45, 7) is 4.99. The number of aliphatic hydroxyl groups excluding tert-OH is 1. The fourth-order valence-electron chi connectivity index (χ4n) is 2.15. The summed E-state index contributed by atoms with van der Waals surface area (Å²) < 4.78 is 11.9. The van der Waals surface area contributed by atoms with Crippen LogP contribution in [0.3, 0.4) is 0 Å². The molecule has 0 aromatic heterocycles. The average molecular weight is 282 g/mol. The summed E-state index contributed by atoms with van der Waals surface area (Å²) in [4.78, 5) is 0. The summed E-state index contributed by atoms with van der Waals surface area (Å²) in [6, 6.07) is 10.1. The van der Waals surface area contributed by atoms with Crippen molar-refractivity contribution >= 4 is 11.8 Å². The van der Waals surface area contributed by atoms with Gasteiger partial charge in [0.1, 0.15) is 0 Å². The second-order valence-electron chi connectivity index (χ2n) is 5.02. The molecule has 1 N–H and O–H groups in total. The lowest BCUT2D eigenvalue weighted by Crippen LogP contribution is -2.24. The van der Waals surface area contributed by atoms with Gasteiger partial charge in [-0.05, 0) is 13.3 Å². The summed E-state index contributed by atoms with van der Waals surface area (Å²) in [5.74, 6) is 0.288. The topological polar surface area (TPSA) is 38.7 Å². The van der Waals surface area contributed by atoms with E-state index in [4.69, 9.17) is 14.6 Å². The summed E-state index contributed by atoms with van der Waals surface area (Å²) in [6.07, 6.45) is 0.949. The van der Waals surface area contributed by atoms with Crippen LogP contribution < -0.4 is 0 Å². The van der Waals surface area contributed by atoms with Gasteiger partial charge in [0.25, 0.3) is 0 Å². The van der Waals surface area contributed by atoms with Crippen LogP contribution in [0.5, 0.6) is 0 Å². The van der Waals surface area contributed by atoms with Gasteiger partial charge in [0.05, 0.1) is 12.7 Å². The number of hydrogen-bond acceptors (Lipinski definition) is 4. The van der Waals surface area contributed by atoms with Gasteiger partial charge in [-0.3, -0.25) is 0 Å². The molecular formula is C15H22O3S. The molecule has 0 aliphatic carbocycles. The van der Waals surface area contributed by atoms with Crippen LogP contribution in [0.2, 0.25) is 0 Å². The molecule has 0 spiro atoms.